The summed E-state index contributed by atoms with van der Waals surface area (Å²) < 4.78 is 1.97. The second kappa shape index (κ2) is 7.20. The Kier molecular flexibility index (Phi) is 4.83. The van der Waals surface area contributed by atoms with Crippen molar-refractivity contribution >= 4 is 27.8 Å². The Morgan fingerprint density at radius 2 is 1.83 bits per heavy atom. The lowest BCUT2D eigenvalue weighted by atomic mass is 10.1. The number of aliphatic hydroxyl groups is 1. The number of aliphatic hydroxyl groups excluding tert-OH is 1. The molecule has 0 bridgehead atoms. The van der Waals surface area contributed by atoms with Gasteiger partial charge in [0, 0.05) is 23.1 Å². The van der Waals surface area contributed by atoms with Crippen LogP contribution in [0.5, 0.6) is 0 Å². The highest BCUT2D eigenvalue weighted by Crippen LogP contribution is 2.26. The zero-order valence-electron chi connectivity index (χ0n) is 12.8. The molecule has 7 heteroatoms. The smallest absolute Gasteiger partial charge is 0.339 e. The zero-order chi connectivity index (χ0) is 16.9. The molecular weight excluding hydrogens is 326 g/mol. The van der Waals surface area contributed by atoms with Crippen LogP contribution in [0.4, 0.5) is 16.5 Å². The first-order valence-corrected chi connectivity index (χ1v) is 8.26. The summed E-state index contributed by atoms with van der Waals surface area (Å²) >= 11 is 1.52. The number of nitro groups is 1. The van der Waals surface area contributed by atoms with E-state index in [1.165, 1.54) is 23.5 Å². The van der Waals surface area contributed by atoms with Gasteiger partial charge in [-0.25, -0.2) is 9.88 Å². The zero-order valence-corrected chi connectivity index (χ0v) is 13.6. The molecule has 0 aliphatic carbocycles. The van der Waals surface area contributed by atoms with E-state index < -0.39 is 4.92 Å². The van der Waals surface area contributed by atoms with Crippen molar-refractivity contribution in [1.29, 1.82) is 0 Å². The topological polar surface area (TPSA) is 79.3 Å². The Morgan fingerprint density at radius 3 is 2.46 bits per heavy atom. The van der Waals surface area contributed by atoms with Crippen LogP contribution in [-0.2, 0) is 6.54 Å². The Balaban J connectivity index is 1.94. The van der Waals surface area contributed by atoms with E-state index in [2.05, 4.69) is 5.32 Å². The van der Waals surface area contributed by atoms with E-state index in [4.69, 9.17) is 0 Å². The van der Waals surface area contributed by atoms with Crippen LogP contribution < -0.4 is 9.88 Å². The maximum absolute atomic E-state index is 10.8. The maximum Gasteiger partial charge on any atom is 0.339 e. The number of nitro benzene ring substituents is 1. The van der Waals surface area contributed by atoms with Crippen LogP contribution in [0.25, 0.3) is 11.3 Å². The van der Waals surface area contributed by atoms with Crippen LogP contribution in [-0.4, -0.2) is 16.6 Å². The number of hydrogen-bond acceptors (Lipinski definition) is 5. The first kappa shape index (κ1) is 16.1. The van der Waals surface area contributed by atoms with Gasteiger partial charge in [0.1, 0.15) is 17.9 Å². The number of thiazole rings is 1. The highest BCUT2D eigenvalue weighted by Gasteiger charge is 2.19. The van der Waals surface area contributed by atoms with Gasteiger partial charge in [-0.05, 0) is 24.3 Å². The fourth-order valence-electron chi connectivity index (χ4n) is 2.39. The van der Waals surface area contributed by atoms with Crippen LogP contribution in [0.1, 0.15) is 0 Å². The van der Waals surface area contributed by atoms with E-state index in [0.29, 0.717) is 6.54 Å². The summed E-state index contributed by atoms with van der Waals surface area (Å²) in [5.41, 5.74) is 2.79. The molecule has 0 unspecified atom stereocenters. The molecule has 0 aliphatic heterocycles. The molecule has 0 saturated heterocycles. The van der Waals surface area contributed by atoms with E-state index in [-0.39, 0.29) is 12.3 Å². The molecule has 2 aromatic carbocycles. The van der Waals surface area contributed by atoms with Crippen molar-refractivity contribution in [3.8, 4) is 11.3 Å². The van der Waals surface area contributed by atoms with Gasteiger partial charge in [0.25, 0.3) is 5.69 Å². The van der Waals surface area contributed by atoms with Gasteiger partial charge >= 0.3 is 5.13 Å². The lowest BCUT2D eigenvalue weighted by molar-refractivity contribution is -0.669. The third-order valence-corrected chi connectivity index (χ3v) is 4.43. The lowest BCUT2D eigenvalue weighted by Crippen LogP contribution is -2.38. The molecule has 1 heterocycles. The first-order chi connectivity index (χ1) is 11.7. The Morgan fingerprint density at radius 1 is 1.12 bits per heavy atom. The summed E-state index contributed by atoms with van der Waals surface area (Å²) in [7, 11) is 0. The standard InChI is InChI=1S/C17H15N3O3S/c21-11-10-19-16(13-6-8-15(9-7-13)20(22)23)12-24-17(19)18-14-4-2-1-3-5-14/h1-9,12,21H,10-11H2/p+1. The van der Waals surface area contributed by atoms with E-state index in [1.54, 1.807) is 12.1 Å². The van der Waals surface area contributed by atoms with Crippen LogP contribution in [0.2, 0.25) is 0 Å². The second-order valence-electron chi connectivity index (χ2n) is 5.10. The van der Waals surface area contributed by atoms with Crippen molar-refractivity contribution in [2.24, 2.45) is 0 Å². The van der Waals surface area contributed by atoms with Crippen LogP contribution in [0, 0.1) is 10.1 Å². The Hall–Kier alpha value is -2.77. The molecule has 0 radical (unpaired) electrons. The summed E-state index contributed by atoms with van der Waals surface area (Å²) in [5.74, 6) is 0. The molecule has 0 fully saturated rings. The summed E-state index contributed by atoms with van der Waals surface area (Å²) in [6, 6.07) is 16.2. The summed E-state index contributed by atoms with van der Waals surface area (Å²) in [6.45, 7) is 0.440. The molecule has 0 aliphatic rings. The molecule has 24 heavy (non-hydrogen) atoms. The van der Waals surface area contributed by atoms with Gasteiger partial charge in [0.2, 0.25) is 0 Å². The van der Waals surface area contributed by atoms with Crippen LogP contribution >= 0.6 is 11.3 Å². The minimum Gasteiger partial charge on any atom is -0.392 e. The third-order valence-electron chi connectivity index (χ3n) is 3.54. The van der Waals surface area contributed by atoms with E-state index in [1.807, 2.05) is 40.3 Å². The maximum atomic E-state index is 10.8. The average Bonchev–Trinajstić information content (AvgIpc) is 2.99. The molecule has 0 amide bonds. The summed E-state index contributed by atoms with van der Waals surface area (Å²) in [4.78, 5) is 10.4. The number of para-hydroxylation sites is 1. The third kappa shape index (κ3) is 3.42. The normalized spacial score (nSPS) is 10.5. The highest BCUT2D eigenvalue weighted by molar-refractivity contribution is 7.13. The minimum absolute atomic E-state index is 0.00481. The Labute approximate surface area is 142 Å². The number of rotatable bonds is 6. The van der Waals surface area contributed by atoms with Gasteiger partial charge in [-0.1, -0.05) is 29.5 Å². The van der Waals surface area contributed by atoms with Crippen molar-refractivity contribution in [1.82, 2.24) is 0 Å². The van der Waals surface area contributed by atoms with Gasteiger partial charge in [-0.2, -0.15) is 0 Å². The molecule has 3 aromatic rings. The number of aromatic nitrogens is 1. The van der Waals surface area contributed by atoms with Crippen molar-refractivity contribution in [2.75, 3.05) is 11.9 Å². The summed E-state index contributed by atoms with van der Waals surface area (Å²) in [5, 5.41) is 26.4. The molecule has 0 saturated carbocycles. The molecule has 1 aromatic heterocycles. The highest BCUT2D eigenvalue weighted by atomic mass is 32.1. The fraction of sp³-hybridized carbons (Fsp3) is 0.118. The Bertz CT molecular complexity index is 832. The van der Waals surface area contributed by atoms with Gasteiger partial charge in [0.05, 0.1) is 11.5 Å². The van der Waals surface area contributed by atoms with Gasteiger partial charge in [-0.15, -0.1) is 0 Å². The van der Waals surface area contributed by atoms with Crippen molar-refractivity contribution in [2.45, 2.75) is 6.54 Å². The lowest BCUT2D eigenvalue weighted by Gasteiger charge is -2.05. The quantitative estimate of drug-likeness (QED) is 0.409. The number of nitrogens with zero attached hydrogens (tertiary/aromatic N) is 2. The molecule has 122 valence electrons. The SMILES string of the molecule is O=[N+]([O-])c1ccc(-c2csc(Nc3ccccc3)[n+]2CCO)cc1. The number of hydrogen-bond donors (Lipinski definition) is 2. The number of benzene rings is 2. The van der Waals surface area contributed by atoms with E-state index >= 15 is 0 Å². The first-order valence-electron chi connectivity index (χ1n) is 7.38. The van der Waals surface area contributed by atoms with Crippen molar-refractivity contribution < 1.29 is 14.6 Å². The van der Waals surface area contributed by atoms with E-state index in [0.717, 1.165) is 22.1 Å². The molecule has 3 rings (SSSR count). The second-order valence-corrected chi connectivity index (χ2v) is 5.95. The molecule has 0 spiro atoms. The van der Waals surface area contributed by atoms with Crippen LogP contribution in [0.15, 0.2) is 60.0 Å². The van der Waals surface area contributed by atoms with Crippen LogP contribution in [0.3, 0.4) is 0 Å². The van der Waals surface area contributed by atoms with Gasteiger partial charge < -0.3 is 5.11 Å². The number of anilines is 2. The van der Waals surface area contributed by atoms with Gasteiger partial charge in [-0.3, -0.25) is 10.1 Å². The van der Waals surface area contributed by atoms with E-state index in [9.17, 15) is 15.2 Å². The molecule has 0 atom stereocenters. The number of nitrogens with one attached hydrogen (secondary N) is 1. The fourth-order valence-corrected chi connectivity index (χ4v) is 3.37. The largest absolute Gasteiger partial charge is 0.392 e. The summed E-state index contributed by atoms with van der Waals surface area (Å²) in [6.07, 6.45) is 0. The minimum atomic E-state index is -0.415. The van der Waals surface area contributed by atoms with Gasteiger partial charge in [0.15, 0.2) is 0 Å². The predicted molar refractivity (Wildman–Crippen MR) is 93.4 cm³/mol. The average molecular weight is 342 g/mol. The van der Waals surface area contributed by atoms with Crippen molar-refractivity contribution in [3.63, 3.8) is 0 Å². The predicted octanol–water partition coefficient (Wildman–Crippen LogP) is 3.35. The monoisotopic (exact) mass is 342 g/mol. The molecule has 6 nitrogen and oxygen atoms in total. The number of non-ortho nitro benzene ring substituents is 1. The molecular formula is C17H16N3O3S+. The molecule has 2 N–H and O–H groups in total. The van der Waals surface area contributed by atoms with Crippen molar-refractivity contribution in [3.05, 3.63) is 70.1 Å².